The molecular formula is C21H37EuN4O8S. The summed E-state index contributed by atoms with van der Waals surface area (Å²) in [6, 6.07) is 0. The molecule has 0 radical (unpaired) electrons. The molecule has 0 spiro atoms. The zero-order valence-electron chi connectivity index (χ0n) is 20.1. The Morgan fingerprint density at radius 3 is 1.29 bits per heavy atom. The van der Waals surface area contributed by atoms with Gasteiger partial charge in [0.2, 0.25) is 0 Å². The zero-order valence-corrected chi connectivity index (χ0v) is 23.4. The van der Waals surface area contributed by atoms with E-state index in [4.69, 9.17) is 9.47 Å². The molecular weight excluding hydrogens is 620 g/mol. The molecule has 14 heteroatoms. The van der Waals surface area contributed by atoms with Gasteiger partial charge in [0.05, 0.1) is 37.7 Å². The van der Waals surface area contributed by atoms with Gasteiger partial charge in [0.1, 0.15) is 0 Å². The van der Waals surface area contributed by atoms with Gasteiger partial charge >= 0.3 is 49.4 Å². The van der Waals surface area contributed by atoms with Crippen LogP contribution in [0.4, 0.5) is 0 Å². The van der Waals surface area contributed by atoms with Crippen LogP contribution in [0.2, 0.25) is 0 Å². The Morgan fingerprint density at radius 1 is 0.600 bits per heavy atom. The van der Waals surface area contributed by atoms with Crippen molar-refractivity contribution in [1.82, 2.24) is 19.6 Å². The van der Waals surface area contributed by atoms with Crippen molar-refractivity contribution in [3.8, 4) is 0 Å². The fourth-order valence-corrected chi connectivity index (χ4v) is 3.64. The summed E-state index contributed by atoms with van der Waals surface area (Å²) in [5, 5.41) is 33.5. The average molecular weight is 658 g/mol. The maximum absolute atomic E-state index is 11.2. The van der Waals surface area contributed by atoms with Gasteiger partial charge in [-0.25, -0.2) is 0 Å². The molecule has 1 rings (SSSR count). The predicted molar refractivity (Wildman–Crippen MR) is 121 cm³/mol. The van der Waals surface area contributed by atoms with Crippen LogP contribution in [-0.2, 0) is 23.9 Å². The van der Waals surface area contributed by atoms with Gasteiger partial charge in [-0.3, -0.25) is 19.6 Å². The van der Waals surface area contributed by atoms with Crippen LogP contribution in [0.1, 0.15) is 6.42 Å². The minimum absolute atomic E-state index is 0. The molecule has 0 N–H and O–H groups in total. The molecule has 1 aliphatic rings. The van der Waals surface area contributed by atoms with E-state index in [1.54, 1.807) is 14.7 Å². The summed E-state index contributed by atoms with van der Waals surface area (Å²) in [5.74, 6) is -2.88. The third kappa shape index (κ3) is 19.8. The summed E-state index contributed by atoms with van der Waals surface area (Å²) >= 11 is 4.12. The monoisotopic (exact) mass is 658 g/mol. The smallest absolute Gasteiger partial charge is 0.549 e. The Hall–Kier alpha value is 0.104. The van der Waals surface area contributed by atoms with E-state index in [1.165, 1.54) is 0 Å². The number of carboxylic acid groups (broad SMARTS) is 3. The van der Waals surface area contributed by atoms with Crippen molar-refractivity contribution in [2.24, 2.45) is 0 Å². The first kappa shape index (κ1) is 35.1. The van der Waals surface area contributed by atoms with Crippen molar-refractivity contribution in [1.29, 1.82) is 0 Å². The predicted octanol–water partition coefficient (Wildman–Crippen LogP) is -5.19. The molecule has 0 aliphatic carbocycles. The van der Waals surface area contributed by atoms with E-state index in [2.05, 4.69) is 17.5 Å². The van der Waals surface area contributed by atoms with Gasteiger partial charge in [-0.1, -0.05) is 0 Å². The summed E-state index contributed by atoms with van der Waals surface area (Å²) < 4.78 is 11.1. The number of hydrogen-bond donors (Lipinski definition) is 1. The first-order chi connectivity index (χ1) is 16.3. The van der Waals surface area contributed by atoms with E-state index < -0.39 is 17.9 Å². The number of carbonyl (C=O) groups is 3. The molecule has 0 bridgehead atoms. The van der Waals surface area contributed by atoms with Crippen molar-refractivity contribution >= 4 is 30.5 Å². The van der Waals surface area contributed by atoms with E-state index in [-0.39, 0.29) is 69.0 Å². The van der Waals surface area contributed by atoms with Crippen LogP contribution in [0.15, 0.2) is 0 Å². The number of carbonyl (C=O) groups excluding carboxylic acids is 3. The number of hydrogen-bond acceptors (Lipinski definition) is 13. The first-order valence-corrected chi connectivity index (χ1v) is 12.2. The second-order valence-electron chi connectivity index (χ2n) is 8.09. The van der Waals surface area contributed by atoms with Crippen molar-refractivity contribution < 1.29 is 88.6 Å². The average Bonchev–Trinajstić information content (AvgIpc) is 2.75. The Morgan fingerprint density at radius 2 is 0.943 bits per heavy atom. The van der Waals surface area contributed by atoms with Crippen molar-refractivity contribution in [2.45, 2.75) is 6.42 Å². The van der Waals surface area contributed by atoms with Crippen molar-refractivity contribution in [3.63, 3.8) is 0 Å². The summed E-state index contributed by atoms with van der Waals surface area (Å²) in [7, 11) is 0. The summed E-state index contributed by atoms with van der Waals surface area (Å²) in [4.78, 5) is 40.6. The van der Waals surface area contributed by atoms with Gasteiger partial charge in [-0.15, -0.1) is 0 Å². The first-order valence-electron chi connectivity index (χ1n) is 11.6. The number of nitrogens with zero attached hydrogens (tertiary/aromatic N) is 4. The SMILES string of the molecule is O=C([O-])CN1CCN(CCOCCOCCCS)CCN(CC(=O)[O-])CCN(CC(=O)[O-])CC1.[Eu+3]. The van der Waals surface area contributed by atoms with Crippen LogP contribution in [0, 0.1) is 49.4 Å². The Bertz CT molecular complexity index is 576. The molecule has 1 aliphatic heterocycles. The summed E-state index contributed by atoms with van der Waals surface area (Å²) in [6.07, 6.45) is 0.882. The molecule has 202 valence electrons. The summed E-state index contributed by atoms with van der Waals surface area (Å²) in [6.45, 7) is 5.00. The second kappa shape index (κ2) is 22.1. The molecule has 1 heterocycles. The van der Waals surface area contributed by atoms with Gasteiger partial charge in [0.25, 0.3) is 0 Å². The minimum Gasteiger partial charge on any atom is -0.549 e. The number of carboxylic acids is 3. The molecule has 0 unspecified atom stereocenters. The molecule has 1 fully saturated rings. The van der Waals surface area contributed by atoms with E-state index in [0.29, 0.717) is 85.3 Å². The van der Waals surface area contributed by atoms with Crippen molar-refractivity contribution in [3.05, 3.63) is 0 Å². The maximum atomic E-state index is 11.2. The molecule has 0 aromatic rings. The molecule has 0 atom stereocenters. The number of aliphatic carboxylic acids is 3. The molecule has 0 aromatic heterocycles. The van der Waals surface area contributed by atoms with Crippen LogP contribution < -0.4 is 15.3 Å². The van der Waals surface area contributed by atoms with Crippen LogP contribution >= 0.6 is 12.6 Å². The Kier molecular flexibility index (Phi) is 22.2. The molecule has 35 heavy (non-hydrogen) atoms. The normalized spacial score (nSPS) is 17.7. The van der Waals surface area contributed by atoms with E-state index in [0.717, 1.165) is 12.2 Å². The molecule has 0 amide bonds. The van der Waals surface area contributed by atoms with Crippen LogP contribution in [0.25, 0.3) is 0 Å². The standard InChI is InChI=1S/C21H40N4O8S.Eu/c26-19(27)16-23-4-2-22(10-12-33-14-13-32-11-1-15-34)3-5-24(17-20(28)29)7-9-25(8-6-23)18-21(30)31;/h34H,1-18H2,(H,26,27)(H,28,29)(H,30,31);/q;+3/p-3. The largest absolute Gasteiger partial charge is 3.00 e. The van der Waals surface area contributed by atoms with Crippen LogP contribution in [0.5, 0.6) is 0 Å². The Labute approximate surface area is 253 Å². The maximum Gasteiger partial charge on any atom is 3.00 e. The fraction of sp³-hybridized carbons (Fsp3) is 0.857. The fourth-order valence-electron chi connectivity index (χ4n) is 3.51. The number of thiol groups is 1. The summed E-state index contributed by atoms with van der Waals surface area (Å²) in [5.41, 5.74) is 0. The van der Waals surface area contributed by atoms with E-state index in [9.17, 15) is 29.7 Å². The van der Waals surface area contributed by atoms with Crippen molar-refractivity contribution in [2.75, 3.05) is 111 Å². The van der Waals surface area contributed by atoms with Crippen LogP contribution in [0.3, 0.4) is 0 Å². The van der Waals surface area contributed by atoms with Gasteiger partial charge in [0.15, 0.2) is 0 Å². The molecule has 1 saturated heterocycles. The van der Waals surface area contributed by atoms with Gasteiger partial charge in [-0.05, 0) is 12.2 Å². The topological polar surface area (TPSA) is 152 Å². The second-order valence-corrected chi connectivity index (χ2v) is 8.54. The minimum atomic E-state index is -1.25. The van der Waals surface area contributed by atoms with Gasteiger partial charge in [-0.2, -0.15) is 12.6 Å². The third-order valence-electron chi connectivity index (χ3n) is 5.36. The molecule has 12 nitrogen and oxygen atoms in total. The number of ether oxygens (including phenoxy) is 2. The third-order valence-corrected chi connectivity index (χ3v) is 5.67. The van der Waals surface area contributed by atoms with E-state index in [1.807, 2.05) is 0 Å². The quantitative estimate of drug-likeness (QED) is 0.132. The Balaban J connectivity index is 0.0000116. The van der Waals surface area contributed by atoms with Gasteiger partial charge < -0.3 is 39.2 Å². The van der Waals surface area contributed by atoms with Gasteiger partial charge in [0, 0.05) is 85.1 Å². The molecule has 0 saturated carbocycles. The van der Waals surface area contributed by atoms with E-state index >= 15 is 0 Å². The molecule has 0 aromatic carbocycles. The van der Waals surface area contributed by atoms with Crippen LogP contribution in [-0.4, -0.2) is 148 Å². The zero-order chi connectivity index (χ0) is 25.2. The number of rotatable bonds is 15.